The van der Waals surface area contributed by atoms with Crippen LogP contribution in [0, 0.1) is 62.6 Å². The van der Waals surface area contributed by atoms with E-state index in [1.54, 1.807) is 36.4 Å². The number of nitriles is 5. The molecule has 0 bridgehead atoms. The van der Waals surface area contributed by atoms with Gasteiger partial charge in [0.1, 0.15) is 0 Å². The van der Waals surface area contributed by atoms with E-state index in [2.05, 4.69) is 0 Å². The molecule has 0 saturated carbocycles. The number of nitrogens with zero attached hydrogens (tertiary/aromatic N) is 5. The Bertz CT molecular complexity index is 845. The van der Waals surface area contributed by atoms with Crippen LogP contribution in [-0.2, 0) is 0 Å². The summed E-state index contributed by atoms with van der Waals surface area (Å²) in [6.07, 6.45) is 4.62. The molecule has 0 atom stereocenters. The fourth-order valence-electron chi connectivity index (χ4n) is 1.66. The Hall–Kier alpha value is -2.60. The minimum atomic E-state index is -0.455. The predicted molar refractivity (Wildman–Crippen MR) is 81.9 cm³/mol. The molecule has 0 amide bonds. The second kappa shape index (κ2) is 11.9. The van der Waals surface area contributed by atoms with Crippen molar-refractivity contribution in [2.45, 2.75) is 0 Å². The molecule has 106 valence electrons. The van der Waals surface area contributed by atoms with E-state index in [0.29, 0.717) is 0 Å². The van der Waals surface area contributed by atoms with Gasteiger partial charge in [-0.3, -0.25) is 0 Å². The van der Waals surface area contributed by atoms with Gasteiger partial charge in [0.25, 0.3) is 0 Å². The van der Waals surface area contributed by atoms with Gasteiger partial charge < -0.3 is 0 Å². The molecule has 1 rings (SSSR count). The molecular weight excluding hydrogens is 325 g/mol. The maximum Gasteiger partial charge on any atom is 1.00 e. The van der Waals surface area contributed by atoms with E-state index in [-0.39, 0.29) is 62.5 Å². The summed E-state index contributed by atoms with van der Waals surface area (Å²) >= 11 is 0. The van der Waals surface area contributed by atoms with Gasteiger partial charge in [-0.1, -0.05) is 42.5 Å². The van der Waals surface area contributed by atoms with Gasteiger partial charge in [0.15, 0.2) is 0 Å². The monoisotopic (exact) mass is 333 g/mol. The van der Waals surface area contributed by atoms with Crippen molar-refractivity contribution >= 4 is 6.08 Å². The van der Waals surface area contributed by atoms with Crippen molar-refractivity contribution < 1.29 is 51.4 Å². The summed E-state index contributed by atoms with van der Waals surface area (Å²) in [5, 5.41) is 45.1. The van der Waals surface area contributed by atoms with Crippen LogP contribution in [0.5, 0.6) is 0 Å². The van der Waals surface area contributed by atoms with Crippen molar-refractivity contribution in [3.05, 3.63) is 70.7 Å². The molecular formula is C18H8KN5. The molecule has 24 heavy (non-hydrogen) atoms. The molecule has 6 heteroatoms. The SMILES string of the molecule is N#CC(C#N)=C(/C(C#N)=C/C=C/c1ccccc1)[C-](C#N)C#N.[K+]. The molecule has 0 radical (unpaired) electrons. The Kier molecular flexibility index (Phi) is 10.6. The average molecular weight is 333 g/mol. The third-order valence-corrected chi connectivity index (χ3v) is 2.69. The molecule has 0 aliphatic heterocycles. The smallest absolute Gasteiger partial charge is 0.208 e. The van der Waals surface area contributed by atoms with Gasteiger partial charge in [-0.2, -0.15) is 0 Å². The second-order valence-corrected chi connectivity index (χ2v) is 4.03. The van der Waals surface area contributed by atoms with Crippen molar-refractivity contribution in [3.63, 3.8) is 0 Å². The Morgan fingerprint density at radius 3 is 1.92 bits per heavy atom. The van der Waals surface area contributed by atoms with Crippen molar-refractivity contribution in [2.75, 3.05) is 0 Å². The molecule has 0 aromatic heterocycles. The summed E-state index contributed by atoms with van der Waals surface area (Å²) in [7, 11) is 0. The summed E-state index contributed by atoms with van der Waals surface area (Å²) in [5.41, 5.74) is 0.0785. The van der Waals surface area contributed by atoms with E-state index in [1.165, 1.54) is 6.08 Å². The van der Waals surface area contributed by atoms with Gasteiger partial charge in [0.2, 0.25) is 0 Å². The van der Waals surface area contributed by atoms with Crippen molar-refractivity contribution in [2.24, 2.45) is 0 Å². The molecule has 0 aliphatic carbocycles. The van der Waals surface area contributed by atoms with Crippen LogP contribution in [0.1, 0.15) is 5.56 Å². The zero-order valence-electron chi connectivity index (χ0n) is 12.9. The number of hydrogen-bond acceptors (Lipinski definition) is 5. The van der Waals surface area contributed by atoms with Gasteiger partial charge in [-0.05, 0) is 11.1 Å². The first-order valence-corrected chi connectivity index (χ1v) is 6.27. The van der Waals surface area contributed by atoms with Crippen molar-refractivity contribution in [3.8, 4) is 30.3 Å². The van der Waals surface area contributed by atoms with Crippen LogP contribution in [0.2, 0.25) is 0 Å². The molecule has 0 fully saturated rings. The standard InChI is InChI=1S/C18H8N5.K/c19-9-15(8-4-7-14-5-2-1-3-6-14)18(16(10-20)11-21)17(12-22)13-23;/h1-8H;/q-1;+1/b7-4+,15-8+;. The van der Waals surface area contributed by atoms with Crippen molar-refractivity contribution in [1.29, 1.82) is 26.3 Å². The summed E-state index contributed by atoms with van der Waals surface area (Å²) in [5.74, 6) is -0.455. The summed E-state index contributed by atoms with van der Waals surface area (Å²) in [4.78, 5) is 0. The summed E-state index contributed by atoms with van der Waals surface area (Å²) < 4.78 is 0. The quantitative estimate of drug-likeness (QED) is 0.335. The van der Waals surface area contributed by atoms with Crippen molar-refractivity contribution in [1.82, 2.24) is 0 Å². The summed E-state index contributed by atoms with van der Waals surface area (Å²) in [6, 6.07) is 17.5. The van der Waals surface area contributed by atoms with Gasteiger partial charge in [0, 0.05) is 41.8 Å². The minimum absolute atomic E-state index is 0. The van der Waals surface area contributed by atoms with Gasteiger partial charge >= 0.3 is 51.4 Å². The minimum Gasteiger partial charge on any atom is -0.208 e. The van der Waals surface area contributed by atoms with Crippen LogP contribution >= 0.6 is 0 Å². The number of hydrogen-bond donors (Lipinski definition) is 0. The third kappa shape index (κ3) is 5.89. The molecule has 0 N–H and O–H groups in total. The van der Waals surface area contributed by atoms with Gasteiger partial charge in [0.05, 0.1) is 0 Å². The summed E-state index contributed by atoms with van der Waals surface area (Å²) in [6.45, 7) is 0. The molecule has 1 aromatic carbocycles. The Morgan fingerprint density at radius 1 is 0.875 bits per heavy atom. The third-order valence-electron chi connectivity index (χ3n) is 2.69. The fraction of sp³-hybridized carbons (Fsp3) is 0. The fourth-order valence-corrected chi connectivity index (χ4v) is 1.66. The predicted octanol–water partition coefficient (Wildman–Crippen LogP) is 0.119. The first-order valence-electron chi connectivity index (χ1n) is 6.27. The normalized spacial score (nSPS) is 9.21. The van der Waals surface area contributed by atoms with Gasteiger partial charge in [-0.25, -0.2) is 26.3 Å². The molecule has 0 saturated heterocycles. The van der Waals surface area contributed by atoms with E-state index >= 15 is 0 Å². The zero-order valence-corrected chi connectivity index (χ0v) is 16.0. The van der Waals surface area contributed by atoms with Crippen LogP contribution < -0.4 is 51.4 Å². The molecule has 1 aromatic rings. The van der Waals surface area contributed by atoms with Crippen LogP contribution in [0.3, 0.4) is 0 Å². The number of benzene rings is 1. The Labute approximate surface area is 183 Å². The van der Waals surface area contributed by atoms with E-state index in [9.17, 15) is 5.26 Å². The van der Waals surface area contributed by atoms with Crippen LogP contribution in [0.15, 0.2) is 59.2 Å². The van der Waals surface area contributed by atoms with Crippen LogP contribution in [0.25, 0.3) is 6.08 Å². The van der Waals surface area contributed by atoms with Crippen LogP contribution in [0.4, 0.5) is 0 Å². The van der Waals surface area contributed by atoms with E-state index < -0.39 is 11.5 Å². The molecule has 0 aliphatic rings. The molecule has 0 unspecified atom stereocenters. The molecule has 0 heterocycles. The first kappa shape index (κ1) is 21.4. The topological polar surface area (TPSA) is 119 Å². The zero-order chi connectivity index (χ0) is 17.1. The Morgan fingerprint density at radius 2 is 1.46 bits per heavy atom. The molecule has 0 spiro atoms. The number of allylic oxidation sites excluding steroid dienone is 5. The van der Waals surface area contributed by atoms with E-state index in [1.807, 2.05) is 36.4 Å². The average Bonchev–Trinajstić information content (AvgIpc) is 2.60. The van der Waals surface area contributed by atoms with E-state index in [4.69, 9.17) is 21.0 Å². The van der Waals surface area contributed by atoms with Crippen LogP contribution in [-0.4, -0.2) is 0 Å². The largest absolute Gasteiger partial charge is 1.00 e. The van der Waals surface area contributed by atoms with E-state index in [0.717, 1.165) is 5.56 Å². The van der Waals surface area contributed by atoms with Gasteiger partial charge in [-0.15, -0.1) is 11.6 Å². The Balaban J connectivity index is 0.00000529. The second-order valence-electron chi connectivity index (χ2n) is 4.03. The first-order chi connectivity index (χ1) is 11.2. The maximum atomic E-state index is 9.24. The molecule has 5 nitrogen and oxygen atoms in total. The number of rotatable bonds is 4. The maximum absolute atomic E-state index is 9.24.